The van der Waals surface area contributed by atoms with E-state index in [4.69, 9.17) is 0 Å². The molecule has 1 unspecified atom stereocenters. The van der Waals surface area contributed by atoms with Gasteiger partial charge < -0.3 is 5.32 Å². The summed E-state index contributed by atoms with van der Waals surface area (Å²) in [6.45, 7) is 2.37. The van der Waals surface area contributed by atoms with E-state index in [1.54, 1.807) is 12.1 Å². The number of benzene rings is 1. The van der Waals surface area contributed by atoms with E-state index < -0.39 is 4.92 Å². The highest BCUT2D eigenvalue weighted by molar-refractivity contribution is 5.34. The lowest BCUT2D eigenvalue weighted by Gasteiger charge is -2.13. The highest BCUT2D eigenvalue weighted by atomic mass is 19.1. The Morgan fingerprint density at radius 2 is 2.20 bits per heavy atom. The molecule has 1 N–H and O–H groups in total. The van der Waals surface area contributed by atoms with Crippen LogP contribution in [0.25, 0.3) is 0 Å². The van der Waals surface area contributed by atoms with Gasteiger partial charge in [0.15, 0.2) is 0 Å². The van der Waals surface area contributed by atoms with Gasteiger partial charge in [0.25, 0.3) is 5.69 Å². The van der Waals surface area contributed by atoms with Crippen LogP contribution in [0.1, 0.15) is 24.2 Å². The molecule has 0 aliphatic heterocycles. The fraction of sp³-hybridized carbons (Fsp3) is 0.214. The van der Waals surface area contributed by atoms with Crippen molar-refractivity contribution in [3.8, 4) is 0 Å². The molecule has 2 aromatic rings. The first kappa shape index (κ1) is 14.1. The summed E-state index contributed by atoms with van der Waals surface area (Å²) in [5.41, 5.74) is 1.60. The molecular weight excluding hydrogens is 261 g/mol. The van der Waals surface area contributed by atoms with Gasteiger partial charge in [0.1, 0.15) is 5.82 Å². The van der Waals surface area contributed by atoms with Gasteiger partial charge in [-0.2, -0.15) is 0 Å². The number of nitrogens with one attached hydrogen (secondary N) is 1. The molecule has 0 bridgehead atoms. The van der Waals surface area contributed by atoms with Gasteiger partial charge in [-0.05, 0) is 24.6 Å². The van der Waals surface area contributed by atoms with E-state index in [-0.39, 0.29) is 17.5 Å². The molecule has 0 saturated carbocycles. The van der Waals surface area contributed by atoms with Gasteiger partial charge in [0.05, 0.1) is 16.8 Å². The fourth-order valence-corrected chi connectivity index (χ4v) is 1.80. The molecule has 0 amide bonds. The number of rotatable bonds is 5. The van der Waals surface area contributed by atoms with Crippen LogP contribution in [0.5, 0.6) is 0 Å². The van der Waals surface area contributed by atoms with E-state index in [9.17, 15) is 14.5 Å². The van der Waals surface area contributed by atoms with Crippen LogP contribution in [0.2, 0.25) is 0 Å². The van der Waals surface area contributed by atoms with Crippen LogP contribution in [0, 0.1) is 15.9 Å². The quantitative estimate of drug-likeness (QED) is 0.672. The van der Waals surface area contributed by atoms with Gasteiger partial charge in [-0.15, -0.1) is 0 Å². The maximum atomic E-state index is 12.8. The van der Waals surface area contributed by atoms with Crippen molar-refractivity contribution in [3.05, 3.63) is 69.8 Å². The second-order valence-electron chi connectivity index (χ2n) is 4.43. The Morgan fingerprint density at radius 1 is 1.40 bits per heavy atom. The van der Waals surface area contributed by atoms with E-state index in [0.29, 0.717) is 6.54 Å². The predicted molar refractivity (Wildman–Crippen MR) is 72.5 cm³/mol. The zero-order chi connectivity index (χ0) is 14.5. The third-order valence-corrected chi connectivity index (χ3v) is 2.93. The zero-order valence-electron chi connectivity index (χ0n) is 10.9. The van der Waals surface area contributed by atoms with Gasteiger partial charge in [-0.1, -0.05) is 12.1 Å². The number of nitro groups is 1. The minimum absolute atomic E-state index is 0.0665. The number of non-ortho nitro benzene ring substituents is 1. The Bertz CT molecular complexity index is 602. The molecule has 0 spiro atoms. The summed E-state index contributed by atoms with van der Waals surface area (Å²) in [5, 5.41) is 13.9. The Hall–Kier alpha value is -2.34. The second kappa shape index (κ2) is 6.21. The van der Waals surface area contributed by atoms with Crippen LogP contribution in [0.4, 0.5) is 10.1 Å². The van der Waals surface area contributed by atoms with Crippen LogP contribution in [-0.2, 0) is 6.54 Å². The molecule has 1 heterocycles. The average Bonchev–Trinajstić information content (AvgIpc) is 2.46. The molecule has 0 aliphatic rings. The Kier molecular flexibility index (Phi) is 4.37. The van der Waals surface area contributed by atoms with Crippen molar-refractivity contribution in [1.29, 1.82) is 0 Å². The molecule has 1 atom stereocenters. The van der Waals surface area contributed by atoms with E-state index in [0.717, 1.165) is 11.3 Å². The molecule has 1 aromatic heterocycles. The van der Waals surface area contributed by atoms with Crippen LogP contribution in [0.15, 0.2) is 42.6 Å². The highest BCUT2D eigenvalue weighted by Gasteiger charge is 2.09. The van der Waals surface area contributed by atoms with Crippen LogP contribution in [-0.4, -0.2) is 9.91 Å². The summed E-state index contributed by atoms with van der Waals surface area (Å²) in [6.07, 6.45) is 1.17. The highest BCUT2D eigenvalue weighted by Crippen LogP contribution is 2.15. The summed E-state index contributed by atoms with van der Waals surface area (Å²) in [7, 11) is 0. The standard InChI is InChI=1S/C14H14FN3O2/c1-10(14-6-5-12(15)9-17-14)16-8-11-3-2-4-13(7-11)18(19)20/h2-7,9-10,16H,8H2,1H3. The first-order valence-corrected chi connectivity index (χ1v) is 6.14. The molecule has 0 aliphatic carbocycles. The van der Waals surface area contributed by atoms with Crippen LogP contribution >= 0.6 is 0 Å². The van der Waals surface area contributed by atoms with Crippen LogP contribution < -0.4 is 5.32 Å². The summed E-state index contributed by atoms with van der Waals surface area (Å²) < 4.78 is 12.8. The summed E-state index contributed by atoms with van der Waals surface area (Å²) in [6, 6.07) is 9.33. The van der Waals surface area contributed by atoms with E-state index in [2.05, 4.69) is 10.3 Å². The number of nitro benzene ring substituents is 1. The van der Waals surface area contributed by atoms with Gasteiger partial charge in [0, 0.05) is 24.7 Å². The van der Waals surface area contributed by atoms with Crippen LogP contribution in [0.3, 0.4) is 0 Å². The van der Waals surface area contributed by atoms with Gasteiger partial charge in [0.2, 0.25) is 0 Å². The van der Waals surface area contributed by atoms with E-state index in [1.807, 2.05) is 13.0 Å². The van der Waals surface area contributed by atoms with Crippen molar-refractivity contribution in [2.24, 2.45) is 0 Å². The number of hydrogen-bond acceptors (Lipinski definition) is 4. The van der Waals surface area contributed by atoms with Gasteiger partial charge in [-0.25, -0.2) is 4.39 Å². The van der Waals surface area contributed by atoms with Crippen molar-refractivity contribution in [2.45, 2.75) is 19.5 Å². The number of halogens is 1. The predicted octanol–water partition coefficient (Wildman–Crippen LogP) is 2.98. The summed E-state index contributed by atoms with van der Waals surface area (Å²) in [4.78, 5) is 14.3. The topological polar surface area (TPSA) is 68.1 Å². The zero-order valence-corrected chi connectivity index (χ0v) is 10.9. The number of aromatic nitrogens is 1. The van der Waals surface area contributed by atoms with Crippen molar-refractivity contribution >= 4 is 5.69 Å². The SMILES string of the molecule is CC(NCc1cccc([N+](=O)[O-])c1)c1ccc(F)cn1. The summed E-state index contributed by atoms with van der Waals surface area (Å²) in [5.74, 6) is -0.375. The molecular formula is C14H14FN3O2. The maximum absolute atomic E-state index is 12.8. The first-order valence-electron chi connectivity index (χ1n) is 6.14. The van der Waals surface area contributed by atoms with Crippen molar-refractivity contribution in [2.75, 3.05) is 0 Å². The third kappa shape index (κ3) is 3.58. The molecule has 104 valence electrons. The lowest BCUT2D eigenvalue weighted by molar-refractivity contribution is -0.384. The normalized spacial score (nSPS) is 12.1. The van der Waals surface area contributed by atoms with Gasteiger partial charge >= 0.3 is 0 Å². The smallest absolute Gasteiger partial charge is 0.269 e. The second-order valence-corrected chi connectivity index (χ2v) is 4.43. The molecule has 0 saturated heterocycles. The molecule has 0 radical (unpaired) electrons. The van der Waals surface area contributed by atoms with E-state index in [1.165, 1.54) is 24.4 Å². The monoisotopic (exact) mass is 275 g/mol. The average molecular weight is 275 g/mol. The van der Waals surface area contributed by atoms with Gasteiger partial charge in [-0.3, -0.25) is 15.1 Å². The molecule has 2 rings (SSSR count). The number of pyridine rings is 1. The molecule has 6 heteroatoms. The molecule has 1 aromatic carbocycles. The fourth-order valence-electron chi connectivity index (χ4n) is 1.80. The lowest BCUT2D eigenvalue weighted by Crippen LogP contribution is -2.19. The van der Waals surface area contributed by atoms with Crippen molar-refractivity contribution < 1.29 is 9.31 Å². The van der Waals surface area contributed by atoms with Crippen molar-refractivity contribution in [3.63, 3.8) is 0 Å². The lowest BCUT2D eigenvalue weighted by atomic mass is 10.1. The Labute approximate surface area is 115 Å². The Morgan fingerprint density at radius 3 is 2.85 bits per heavy atom. The third-order valence-electron chi connectivity index (χ3n) is 2.93. The van der Waals surface area contributed by atoms with E-state index >= 15 is 0 Å². The number of hydrogen-bond donors (Lipinski definition) is 1. The number of nitrogens with zero attached hydrogens (tertiary/aromatic N) is 2. The largest absolute Gasteiger partial charge is 0.305 e. The maximum Gasteiger partial charge on any atom is 0.269 e. The minimum Gasteiger partial charge on any atom is -0.305 e. The Balaban J connectivity index is 1.99. The molecule has 0 fully saturated rings. The summed E-state index contributed by atoms with van der Waals surface area (Å²) >= 11 is 0. The van der Waals surface area contributed by atoms with Crippen molar-refractivity contribution in [1.82, 2.24) is 10.3 Å². The molecule has 20 heavy (non-hydrogen) atoms. The minimum atomic E-state index is -0.422. The first-order chi connectivity index (χ1) is 9.56. The molecule has 5 nitrogen and oxygen atoms in total.